The highest BCUT2D eigenvalue weighted by Crippen LogP contribution is 2.70. The van der Waals surface area contributed by atoms with E-state index in [0.717, 1.165) is 19.3 Å². The van der Waals surface area contributed by atoms with Crippen LogP contribution < -0.4 is 0 Å². The minimum atomic E-state index is -1.14. The Morgan fingerprint density at radius 1 is 1.08 bits per heavy atom. The number of rotatable bonds is 1. The van der Waals surface area contributed by atoms with Crippen LogP contribution in [0, 0.1) is 29.1 Å². The smallest absolute Gasteiger partial charge is 0.142 e. The Bertz CT molecular complexity index is 580. The Morgan fingerprint density at radius 2 is 1.75 bits per heavy atom. The van der Waals surface area contributed by atoms with Gasteiger partial charge in [0.25, 0.3) is 0 Å². The molecule has 0 amide bonds. The summed E-state index contributed by atoms with van der Waals surface area (Å²) in [5.41, 5.74) is -2.29. The van der Waals surface area contributed by atoms with Gasteiger partial charge in [0.1, 0.15) is 5.78 Å². The van der Waals surface area contributed by atoms with Gasteiger partial charge in [0.05, 0.1) is 22.9 Å². The van der Waals surface area contributed by atoms with Crippen molar-refractivity contribution in [1.29, 1.82) is 0 Å². The third kappa shape index (κ3) is 1.83. The molecule has 3 aliphatic carbocycles. The topological polar surface area (TPSA) is 66.8 Å². The summed E-state index contributed by atoms with van der Waals surface area (Å²) in [5.74, 6) is 0.540. The zero-order valence-corrected chi connectivity index (χ0v) is 15.6. The second kappa shape index (κ2) is 4.63. The molecule has 1 saturated heterocycles. The van der Waals surface area contributed by atoms with Crippen LogP contribution in [0.3, 0.4) is 0 Å². The fourth-order valence-electron chi connectivity index (χ4n) is 7.03. The Kier molecular flexibility index (Phi) is 3.28. The highest BCUT2D eigenvalue weighted by Gasteiger charge is 2.75. The molecule has 0 spiro atoms. The summed E-state index contributed by atoms with van der Waals surface area (Å²) in [6.45, 7) is 10.3. The maximum atomic E-state index is 13.0. The minimum Gasteiger partial charge on any atom is -0.389 e. The van der Waals surface area contributed by atoms with Gasteiger partial charge >= 0.3 is 0 Å². The van der Waals surface area contributed by atoms with Crippen molar-refractivity contribution >= 4 is 5.78 Å². The van der Waals surface area contributed by atoms with Crippen molar-refractivity contribution in [3.05, 3.63) is 0 Å². The Labute approximate surface area is 145 Å². The average molecular weight is 336 g/mol. The van der Waals surface area contributed by atoms with E-state index in [0.29, 0.717) is 12.3 Å². The minimum absolute atomic E-state index is 0.0183. The van der Waals surface area contributed by atoms with E-state index in [1.807, 2.05) is 6.92 Å². The second-order valence-corrected chi connectivity index (χ2v) is 10.1. The standard InChI is InChI=1S/C20H32O4/c1-11(2)20-9-8-17(3)12-6-7-18(4,22)14(12)13(21)10-19(5,23)16(24-20)15(17)20/h11-12,14-16,22-23H,6-10H2,1-5H3/t12-,14-,15+,16+,17-,18+,19-,20+/m0/s1. The van der Waals surface area contributed by atoms with E-state index >= 15 is 0 Å². The molecule has 0 aromatic carbocycles. The quantitative estimate of drug-likeness (QED) is 0.773. The van der Waals surface area contributed by atoms with Gasteiger partial charge < -0.3 is 14.9 Å². The van der Waals surface area contributed by atoms with Crippen LogP contribution in [0.25, 0.3) is 0 Å². The van der Waals surface area contributed by atoms with Gasteiger partial charge in [0, 0.05) is 18.3 Å². The lowest BCUT2D eigenvalue weighted by atomic mass is 9.53. The van der Waals surface area contributed by atoms with E-state index in [4.69, 9.17) is 4.74 Å². The van der Waals surface area contributed by atoms with Gasteiger partial charge in [-0.15, -0.1) is 0 Å². The molecular weight excluding hydrogens is 304 g/mol. The highest BCUT2D eigenvalue weighted by atomic mass is 16.6. The molecule has 0 aromatic rings. The van der Waals surface area contributed by atoms with Gasteiger partial charge in [-0.25, -0.2) is 0 Å². The highest BCUT2D eigenvalue weighted by molar-refractivity contribution is 5.84. The molecule has 136 valence electrons. The SMILES string of the molecule is CC(C)[C@]12CC[C@]3(C)[C@H]1[C@@H](O2)[C@@](C)(O)CC(=O)[C@@H]1[C@@H]3CC[C@@]1(C)O. The van der Waals surface area contributed by atoms with Crippen molar-refractivity contribution in [3.63, 3.8) is 0 Å². The normalized spacial score (nSPS) is 59.6. The number of fused-ring (bicyclic) bond motifs is 2. The Hall–Kier alpha value is -0.450. The molecule has 3 saturated carbocycles. The number of carbonyl (C=O) groups excluding carboxylic acids is 1. The first-order valence-electron chi connectivity index (χ1n) is 9.61. The fraction of sp³-hybridized carbons (Fsp3) is 0.950. The van der Waals surface area contributed by atoms with E-state index in [9.17, 15) is 15.0 Å². The van der Waals surface area contributed by atoms with Crippen molar-refractivity contribution < 1.29 is 19.7 Å². The van der Waals surface area contributed by atoms with Gasteiger partial charge in [-0.05, 0) is 56.8 Å². The molecule has 4 fully saturated rings. The van der Waals surface area contributed by atoms with Crippen molar-refractivity contribution in [3.8, 4) is 0 Å². The Morgan fingerprint density at radius 3 is 2.38 bits per heavy atom. The van der Waals surface area contributed by atoms with Crippen LogP contribution >= 0.6 is 0 Å². The number of Topliss-reactive ketones (excluding diaryl/α,β-unsaturated/α-hetero) is 1. The summed E-state index contributed by atoms with van der Waals surface area (Å²) < 4.78 is 6.38. The molecule has 24 heavy (non-hydrogen) atoms. The van der Waals surface area contributed by atoms with Crippen molar-refractivity contribution in [1.82, 2.24) is 0 Å². The maximum Gasteiger partial charge on any atom is 0.142 e. The molecule has 4 aliphatic rings. The molecule has 0 aromatic heterocycles. The molecule has 1 heterocycles. The first kappa shape index (κ1) is 17.0. The molecule has 4 rings (SSSR count). The van der Waals surface area contributed by atoms with Gasteiger partial charge in [0.2, 0.25) is 0 Å². The number of hydrogen-bond acceptors (Lipinski definition) is 4. The first-order chi connectivity index (χ1) is 11.0. The number of aliphatic hydroxyl groups is 2. The predicted octanol–water partition coefficient (Wildman–Crippen LogP) is 2.70. The van der Waals surface area contributed by atoms with E-state index in [-0.39, 0.29) is 47.1 Å². The van der Waals surface area contributed by atoms with Gasteiger partial charge in [0.15, 0.2) is 0 Å². The zero-order chi connectivity index (χ0) is 17.7. The van der Waals surface area contributed by atoms with Crippen LogP contribution in [0.15, 0.2) is 0 Å². The molecule has 0 unspecified atom stereocenters. The van der Waals surface area contributed by atoms with Crippen LogP contribution in [-0.2, 0) is 9.53 Å². The monoisotopic (exact) mass is 336 g/mol. The van der Waals surface area contributed by atoms with Crippen LogP contribution in [0.1, 0.15) is 66.7 Å². The second-order valence-electron chi connectivity index (χ2n) is 10.1. The number of ether oxygens (including phenoxy) is 1. The van der Waals surface area contributed by atoms with Crippen LogP contribution in [0.5, 0.6) is 0 Å². The van der Waals surface area contributed by atoms with Crippen molar-refractivity contribution in [2.75, 3.05) is 0 Å². The van der Waals surface area contributed by atoms with Gasteiger partial charge in [-0.2, -0.15) is 0 Å². The number of ketones is 1. The molecule has 8 atom stereocenters. The van der Waals surface area contributed by atoms with Crippen LogP contribution in [0.2, 0.25) is 0 Å². The largest absolute Gasteiger partial charge is 0.389 e. The van der Waals surface area contributed by atoms with Crippen LogP contribution in [-0.4, -0.2) is 38.9 Å². The molecule has 2 N–H and O–H groups in total. The number of hydrogen-bond donors (Lipinski definition) is 2. The molecule has 4 nitrogen and oxygen atoms in total. The van der Waals surface area contributed by atoms with Crippen molar-refractivity contribution in [2.24, 2.45) is 29.1 Å². The summed E-state index contributed by atoms with van der Waals surface area (Å²) in [4.78, 5) is 13.0. The van der Waals surface area contributed by atoms with E-state index in [2.05, 4.69) is 20.8 Å². The summed E-state index contributed by atoms with van der Waals surface area (Å²) in [7, 11) is 0. The van der Waals surface area contributed by atoms with Crippen molar-refractivity contribution in [2.45, 2.75) is 89.6 Å². The lowest BCUT2D eigenvalue weighted by Crippen LogP contribution is -2.72. The summed E-state index contributed by atoms with van der Waals surface area (Å²) in [6, 6.07) is 0. The lowest BCUT2D eigenvalue weighted by Gasteiger charge is -2.64. The average Bonchev–Trinajstić information content (AvgIpc) is 2.81. The third-order valence-corrected chi connectivity index (χ3v) is 8.29. The Balaban J connectivity index is 1.84. The van der Waals surface area contributed by atoms with Gasteiger partial charge in [-0.3, -0.25) is 4.79 Å². The summed E-state index contributed by atoms with van der Waals surface area (Å²) in [5, 5.41) is 22.0. The van der Waals surface area contributed by atoms with E-state index < -0.39 is 11.2 Å². The lowest BCUT2D eigenvalue weighted by molar-refractivity contribution is -0.337. The summed E-state index contributed by atoms with van der Waals surface area (Å²) in [6.07, 6.45) is 3.43. The molecule has 1 aliphatic heterocycles. The molecule has 0 bridgehead atoms. The maximum absolute atomic E-state index is 13.0. The van der Waals surface area contributed by atoms with E-state index in [1.54, 1.807) is 6.92 Å². The van der Waals surface area contributed by atoms with Gasteiger partial charge in [-0.1, -0.05) is 20.8 Å². The third-order valence-electron chi connectivity index (χ3n) is 8.29. The first-order valence-corrected chi connectivity index (χ1v) is 9.61. The molecular formula is C20H32O4. The number of carbonyl (C=O) groups is 1. The van der Waals surface area contributed by atoms with E-state index in [1.165, 1.54) is 0 Å². The molecule has 0 radical (unpaired) electrons. The van der Waals surface area contributed by atoms with Crippen LogP contribution in [0.4, 0.5) is 0 Å². The predicted molar refractivity (Wildman–Crippen MR) is 90.4 cm³/mol. The zero-order valence-electron chi connectivity index (χ0n) is 15.6. The molecule has 4 heteroatoms. The fourth-order valence-corrected chi connectivity index (χ4v) is 7.03. The summed E-state index contributed by atoms with van der Waals surface area (Å²) >= 11 is 0.